The van der Waals surface area contributed by atoms with E-state index in [1.54, 1.807) is 12.1 Å². The molecule has 0 atom stereocenters. The Labute approximate surface area is 157 Å². The fourth-order valence-corrected chi connectivity index (χ4v) is 1.85. The summed E-state index contributed by atoms with van der Waals surface area (Å²) in [5.74, 6) is 4.54. The van der Waals surface area contributed by atoms with Crippen LogP contribution in [-0.2, 0) is 11.3 Å². The predicted octanol–water partition coefficient (Wildman–Crippen LogP) is 4.50. The molecule has 0 fully saturated rings. The van der Waals surface area contributed by atoms with Crippen molar-refractivity contribution in [1.29, 1.82) is 0 Å². The van der Waals surface area contributed by atoms with E-state index in [1.807, 2.05) is 18.2 Å². The number of hydrogen-bond acceptors (Lipinski definition) is 3. The molecule has 148 valence electrons. The summed E-state index contributed by atoms with van der Waals surface area (Å²) in [7, 11) is 0. The van der Waals surface area contributed by atoms with Crippen LogP contribution in [0.15, 0.2) is 54.6 Å². The van der Waals surface area contributed by atoms with E-state index >= 15 is 0 Å². The second kappa shape index (κ2) is 9.08. The van der Waals surface area contributed by atoms with Gasteiger partial charge in [0.25, 0.3) is 0 Å². The average molecular weight is 399 g/mol. The molecule has 9 heteroatoms. The van der Waals surface area contributed by atoms with Gasteiger partial charge in [-0.3, -0.25) is 0 Å². The lowest BCUT2D eigenvalue weighted by Crippen LogP contribution is -2.41. The smallest absolute Gasteiger partial charge is 0.445 e. The first-order chi connectivity index (χ1) is 13.2. The fourth-order valence-electron chi connectivity index (χ4n) is 1.85. The maximum Gasteiger partial charge on any atom is 0.499 e. The Bertz CT molecular complexity index is 840. The average Bonchev–Trinajstić information content (AvgIpc) is 2.64. The first kappa shape index (κ1) is 21.0. The summed E-state index contributed by atoms with van der Waals surface area (Å²) < 4.78 is 70.4. The van der Waals surface area contributed by atoms with Crippen molar-refractivity contribution in [2.24, 2.45) is 0 Å². The van der Waals surface area contributed by atoms with Gasteiger partial charge in [-0.2, -0.15) is 22.0 Å². The number of nitrogens with one attached hydrogen (secondary N) is 1. The van der Waals surface area contributed by atoms with E-state index < -0.39 is 24.1 Å². The first-order valence-electron chi connectivity index (χ1n) is 7.84. The lowest BCUT2D eigenvalue weighted by Gasteiger charge is -2.20. The van der Waals surface area contributed by atoms with E-state index in [0.29, 0.717) is 5.56 Å². The molecule has 2 rings (SSSR count). The highest BCUT2D eigenvalue weighted by molar-refractivity contribution is 5.67. The lowest BCUT2D eigenvalue weighted by molar-refractivity contribution is -0.360. The Kier molecular flexibility index (Phi) is 6.82. The molecule has 0 radical (unpaired) electrons. The molecule has 0 unspecified atom stereocenters. The highest BCUT2D eigenvalue weighted by atomic mass is 19.4. The summed E-state index contributed by atoms with van der Waals surface area (Å²) in [6, 6.07) is 13.3. The van der Waals surface area contributed by atoms with E-state index in [0.717, 1.165) is 17.7 Å². The number of benzene rings is 2. The van der Waals surface area contributed by atoms with E-state index in [1.165, 1.54) is 12.1 Å². The molecule has 1 amide bonds. The van der Waals surface area contributed by atoms with Gasteiger partial charge in [-0.1, -0.05) is 42.2 Å². The van der Waals surface area contributed by atoms with Crippen molar-refractivity contribution in [1.82, 2.24) is 5.32 Å². The molecule has 0 aliphatic rings. The van der Waals surface area contributed by atoms with Crippen molar-refractivity contribution in [3.05, 3.63) is 65.7 Å². The number of carbonyl (C=O) groups is 1. The normalized spacial score (nSPS) is 11.2. The zero-order valence-corrected chi connectivity index (χ0v) is 14.2. The lowest BCUT2D eigenvalue weighted by atomic mass is 10.2. The predicted molar refractivity (Wildman–Crippen MR) is 89.6 cm³/mol. The number of alkyl carbamates (subject to hydrolysis) is 1. The summed E-state index contributed by atoms with van der Waals surface area (Å²) in [5, 5.41) is 2.40. The van der Waals surface area contributed by atoms with E-state index in [-0.39, 0.29) is 13.2 Å². The molecule has 0 aromatic heterocycles. The number of ether oxygens (including phenoxy) is 2. The summed E-state index contributed by atoms with van der Waals surface area (Å²) >= 11 is 0. The summed E-state index contributed by atoms with van der Waals surface area (Å²) in [6.45, 7) is 0.0577. The second-order valence-corrected chi connectivity index (χ2v) is 5.36. The minimum atomic E-state index is -5.81. The number of carbonyl (C=O) groups excluding carboxylic acids is 1. The number of halogens is 5. The molecule has 2 aromatic carbocycles. The number of amides is 1. The van der Waals surface area contributed by atoms with Crippen molar-refractivity contribution in [2.45, 2.75) is 18.9 Å². The van der Waals surface area contributed by atoms with E-state index in [4.69, 9.17) is 4.74 Å². The molecule has 4 nitrogen and oxygen atoms in total. The van der Waals surface area contributed by atoms with Crippen LogP contribution in [-0.4, -0.2) is 24.9 Å². The Balaban J connectivity index is 1.78. The summed E-state index contributed by atoms with van der Waals surface area (Å²) in [6.07, 6.45) is -11.8. The monoisotopic (exact) mass is 399 g/mol. The van der Waals surface area contributed by atoms with Crippen LogP contribution >= 0.6 is 0 Å². The van der Waals surface area contributed by atoms with Crippen LogP contribution < -0.4 is 10.1 Å². The van der Waals surface area contributed by atoms with Gasteiger partial charge in [-0.15, -0.1) is 0 Å². The molecular weight excluding hydrogens is 385 g/mol. The van der Waals surface area contributed by atoms with Gasteiger partial charge in [0.15, 0.2) is 0 Å². The molecule has 28 heavy (non-hydrogen) atoms. The minimum absolute atomic E-state index is 0.0436. The van der Waals surface area contributed by atoms with Gasteiger partial charge in [0.05, 0.1) is 6.54 Å². The van der Waals surface area contributed by atoms with E-state index in [2.05, 4.69) is 21.9 Å². The van der Waals surface area contributed by atoms with Gasteiger partial charge >= 0.3 is 18.4 Å². The standard InChI is InChI=1S/C19H14F5NO3/c20-18(21,22)19(23,24)28-16-10-8-14(9-11-16)7-4-12-25-17(26)27-13-15-5-2-1-3-6-15/h1-3,5-6,8-11H,12-13H2,(H,25,26). The topological polar surface area (TPSA) is 47.6 Å². The minimum Gasteiger partial charge on any atom is -0.445 e. The third-order valence-electron chi connectivity index (χ3n) is 3.20. The Morgan fingerprint density at radius 1 is 0.964 bits per heavy atom. The maximum absolute atomic E-state index is 12.8. The van der Waals surface area contributed by atoms with Crippen LogP contribution in [0.2, 0.25) is 0 Å². The van der Waals surface area contributed by atoms with Crippen LogP contribution in [0, 0.1) is 11.8 Å². The molecular formula is C19H14F5NO3. The van der Waals surface area contributed by atoms with Crippen LogP contribution in [0.5, 0.6) is 5.75 Å². The number of hydrogen-bond donors (Lipinski definition) is 1. The van der Waals surface area contributed by atoms with Crippen LogP contribution in [0.25, 0.3) is 0 Å². The van der Waals surface area contributed by atoms with Crippen LogP contribution in [0.3, 0.4) is 0 Å². The van der Waals surface area contributed by atoms with Gasteiger partial charge in [-0.05, 0) is 29.8 Å². The molecule has 0 heterocycles. The Morgan fingerprint density at radius 3 is 2.21 bits per heavy atom. The number of alkyl halides is 5. The summed E-state index contributed by atoms with van der Waals surface area (Å²) in [4.78, 5) is 11.5. The zero-order valence-electron chi connectivity index (χ0n) is 14.2. The summed E-state index contributed by atoms with van der Waals surface area (Å²) in [5.41, 5.74) is 1.16. The van der Waals surface area contributed by atoms with Crippen molar-refractivity contribution >= 4 is 6.09 Å². The van der Waals surface area contributed by atoms with Gasteiger partial charge in [0.2, 0.25) is 0 Å². The van der Waals surface area contributed by atoms with Crippen molar-refractivity contribution in [3.8, 4) is 17.6 Å². The van der Waals surface area contributed by atoms with Gasteiger partial charge in [-0.25, -0.2) is 4.79 Å². The Hall–Kier alpha value is -3.28. The second-order valence-electron chi connectivity index (χ2n) is 5.36. The Morgan fingerprint density at radius 2 is 1.61 bits per heavy atom. The zero-order chi connectivity index (χ0) is 20.6. The van der Waals surface area contributed by atoms with Gasteiger partial charge in [0, 0.05) is 5.56 Å². The fraction of sp³-hybridized carbons (Fsp3) is 0.211. The molecule has 0 bridgehead atoms. The van der Waals surface area contributed by atoms with Gasteiger partial charge < -0.3 is 14.8 Å². The number of rotatable bonds is 5. The molecule has 0 spiro atoms. The molecule has 1 N–H and O–H groups in total. The molecule has 0 saturated heterocycles. The third-order valence-corrected chi connectivity index (χ3v) is 3.20. The molecule has 2 aromatic rings. The maximum atomic E-state index is 12.8. The molecule has 0 aliphatic heterocycles. The largest absolute Gasteiger partial charge is 0.499 e. The van der Waals surface area contributed by atoms with Crippen LogP contribution in [0.4, 0.5) is 26.7 Å². The SMILES string of the molecule is O=C(NCC#Cc1ccc(OC(F)(F)C(F)(F)F)cc1)OCc1ccccc1. The van der Waals surface area contributed by atoms with Crippen molar-refractivity contribution in [2.75, 3.05) is 6.54 Å². The highest BCUT2D eigenvalue weighted by Crippen LogP contribution is 2.37. The van der Waals surface area contributed by atoms with Crippen LogP contribution in [0.1, 0.15) is 11.1 Å². The molecule has 0 aliphatic carbocycles. The third kappa shape index (κ3) is 6.46. The van der Waals surface area contributed by atoms with Crippen molar-refractivity contribution < 1.29 is 36.2 Å². The molecule has 0 saturated carbocycles. The first-order valence-corrected chi connectivity index (χ1v) is 7.84. The van der Waals surface area contributed by atoms with Gasteiger partial charge in [0.1, 0.15) is 12.4 Å². The highest BCUT2D eigenvalue weighted by Gasteiger charge is 2.61. The quantitative estimate of drug-likeness (QED) is 0.595. The van der Waals surface area contributed by atoms with Crippen molar-refractivity contribution in [3.63, 3.8) is 0 Å². The van der Waals surface area contributed by atoms with E-state index in [9.17, 15) is 26.7 Å².